The van der Waals surface area contributed by atoms with Crippen molar-refractivity contribution in [3.05, 3.63) is 4.88 Å². The first-order valence-corrected chi connectivity index (χ1v) is 9.04. The Balaban J connectivity index is 2.40. The highest BCUT2D eigenvalue weighted by atomic mass is 32.2. The molecule has 1 atom stereocenters. The summed E-state index contributed by atoms with van der Waals surface area (Å²) in [5.74, 6) is -0.0131. The van der Waals surface area contributed by atoms with E-state index < -0.39 is 0 Å². The number of amides is 1. The van der Waals surface area contributed by atoms with Crippen LogP contribution >= 0.6 is 23.1 Å². The molecule has 1 aliphatic rings. The van der Waals surface area contributed by atoms with E-state index in [9.17, 15) is 4.79 Å². The number of rotatable bonds is 3. The van der Waals surface area contributed by atoms with Crippen molar-refractivity contribution in [1.82, 2.24) is 9.80 Å². The third-order valence-electron chi connectivity index (χ3n) is 3.78. The second-order valence-corrected chi connectivity index (χ2v) is 7.50. The highest BCUT2D eigenvalue weighted by Crippen LogP contribution is 2.45. The number of piperazine rings is 1. The van der Waals surface area contributed by atoms with Crippen LogP contribution in [0.4, 0.5) is 10.7 Å². The quantitative estimate of drug-likeness (QED) is 0.859. The third kappa shape index (κ3) is 3.14. The van der Waals surface area contributed by atoms with Crippen LogP contribution in [0, 0.1) is 0 Å². The lowest BCUT2D eigenvalue weighted by Crippen LogP contribution is -2.50. The summed E-state index contributed by atoms with van der Waals surface area (Å²) in [6.07, 6.45) is 2.02. The fraction of sp³-hybridized carbons (Fsp3) is 0.643. The Hall–Kier alpha value is -0.920. The number of anilines is 2. The van der Waals surface area contributed by atoms with Crippen molar-refractivity contribution in [2.24, 2.45) is 0 Å². The summed E-state index contributed by atoms with van der Waals surface area (Å²) in [4.78, 5) is 20.3. The van der Waals surface area contributed by atoms with Gasteiger partial charge in [0.25, 0.3) is 5.91 Å². The Morgan fingerprint density at radius 3 is 2.62 bits per heavy atom. The molecule has 0 radical (unpaired) electrons. The van der Waals surface area contributed by atoms with E-state index in [1.54, 1.807) is 30.8 Å². The zero-order valence-corrected chi connectivity index (χ0v) is 15.0. The van der Waals surface area contributed by atoms with Crippen LogP contribution in [-0.4, -0.2) is 68.8 Å². The topological polar surface area (TPSA) is 52.8 Å². The smallest absolute Gasteiger partial charge is 0.265 e. The van der Waals surface area contributed by atoms with Crippen LogP contribution in [-0.2, 0) is 0 Å². The fourth-order valence-electron chi connectivity index (χ4n) is 2.61. The van der Waals surface area contributed by atoms with E-state index in [1.165, 1.54) is 11.3 Å². The number of thioether (sulfide) groups is 1. The normalized spacial score (nSPS) is 19.9. The van der Waals surface area contributed by atoms with Gasteiger partial charge in [0.05, 0.1) is 10.6 Å². The average molecular weight is 329 g/mol. The summed E-state index contributed by atoms with van der Waals surface area (Å²) in [6.45, 7) is 5.26. The van der Waals surface area contributed by atoms with Gasteiger partial charge in [-0.3, -0.25) is 4.79 Å². The van der Waals surface area contributed by atoms with Gasteiger partial charge < -0.3 is 20.4 Å². The van der Waals surface area contributed by atoms with Gasteiger partial charge >= 0.3 is 0 Å². The van der Waals surface area contributed by atoms with E-state index in [0.717, 1.165) is 29.5 Å². The maximum atomic E-state index is 12.3. The lowest BCUT2D eigenvalue weighted by molar-refractivity contribution is 0.0833. The fourth-order valence-corrected chi connectivity index (χ4v) is 4.93. The zero-order chi connectivity index (χ0) is 15.7. The molecule has 1 saturated heterocycles. The molecule has 0 aliphatic carbocycles. The standard InChI is InChI=1S/C14H24N4OS2/c1-9-8-17(4)6-7-18(9)14-12(20-5)10(15)11(21-14)13(19)16(2)3/h9H,6-8,15H2,1-5H3. The molecule has 1 aliphatic heterocycles. The lowest BCUT2D eigenvalue weighted by Gasteiger charge is -2.39. The maximum Gasteiger partial charge on any atom is 0.265 e. The number of nitrogen functional groups attached to an aromatic ring is 1. The number of carbonyl (C=O) groups is 1. The summed E-state index contributed by atoms with van der Waals surface area (Å²) >= 11 is 3.16. The number of nitrogens with two attached hydrogens (primary N) is 1. The largest absolute Gasteiger partial charge is 0.396 e. The molecule has 1 fully saturated rings. The summed E-state index contributed by atoms with van der Waals surface area (Å²) in [5, 5.41) is 1.14. The number of likely N-dealkylation sites (N-methyl/N-ethyl adjacent to an activating group) is 1. The maximum absolute atomic E-state index is 12.3. The highest BCUT2D eigenvalue weighted by Gasteiger charge is 2.29. The second-order valence-electron chi connectivity index (χ2n) is 5.69. The molecule has 1 aromatic heterocycles. The molecular formula is C14H24N4OS2. The SMILES string of the molecule is CSc1c(N2CCN(C)CC2C)sc(C(=O)N(C)C)c1N. The number of thiophene rings is 1. The molecule has 2 rings (SSSR count). The van der Waals surface area contributed by atoms with Crippen LogP contribution in [0.1, 0.15) is 16.6 Å². The van der Waals surface area contributed by atoms with Crippen LogP contribution in [0.2, 0.25) is 0 Å². The van der Waals surface area contributed by atoms with E-state index >= 15 is 0 Å². The van der Waals surface area contributed by atoms with Crippen molar-refractivity contribution in [3.8, 4) is 0 Å². The minimum atomic E-state index is -0.0131. The van der Waals surface area contributed by atoms with Gasteiger partial charge in [-0.25, -0.2) is 0 Å². The molecule has 2 N–H and O–H groups in total. The molecule has 1 amide bonds. The second kappa shape index (κ2) is 6.46. The van der Waals surface area contributed by atoms with E-state index in [1.807, 2.05) is 6.26 Å². The summed E-state index contributed by atoms with van der Waals surface area (Å²) in [6, 6.07) is 0.426. The molecule has 0 spiro atoms. The third-order valence-corrected chi connectivity index (χ3v) is 5.96. The van der Waals surface area contributed by atoms with Crippen molar-refractivity contribution in [2.75, 3.05) is 57.7 Å². The highest BCUT2D eigenvalue weighted by molar-refractivity contribution is 7.99. The number of carbonyl (C=O) groups excluding carboxylic acids is 1. The first kappa shape index (κ1) is 16.5. The van der Waals surface area contributed by atoms with Gasteiger partial charge in [0.1, 0.15) is 9.88 Å². The Morgan fingerprint density at radius 1 is 1.43 bits per heavy atom. The van der Waals surface area contributed by atoms with Crippen molar-refractivity contribution < 1.29 is 4.79 Å². The van der Waals surface area contributed by atoms with Crippen molar-refractivity contribution in [1.29, 1.82) is 0 Å². The molecule has 0 bridgehead atoms. The molecule has 21 heavy (non-hydrogen) atoms. The van der Waals surface area contributed by atoms with Gasteiger partial charge in [-0.05, 0) is 20.2 Å². The van der Waals surface area contributed by atoms with Crippen LogP contribution in [0.15, 0.2) is 4.90 Å². The number of nitrogens with zero attached hydrogens (tertiary/aromatic N) is 3. The number of hydrogen-bond donors (Lipinski definition) is 1. The van der Waals surface area contributed by atoms with Gasteiger partial charge in [-0.15, -0.1) is 23.1 Å². The lowest BCUT2D eigenvalue weighted by atomic mass is 10.2. The molecule has 0 saturated carbocycles. The van der Waals surface area contributed by atoms with Gasteiger partial charge in [-0.1, -0.05) is 0 Å². The zero-order valence-electron chi connectivity index (χ0n) is 13.3. The van der Waals surface area contributed by atoms with Crippen LogP contribution in [0.25, 0.3) is 0 Å². The number of hydrogen-bond acceptors (Lipinski definition) is 6. The van der Waals surface area contributed by atoms with E-state index in [2.05, 4.69) is 23.8 Å². The van der Waals surface area contributed by atoms with Gasteiger partial charge in [-0.2, -0.15) is 0 Å². The Labute approximate surface area is 135 Å². The monoisotopic (exact) mass is 328 g/mol. The molecule has 118 valence electrons. The molecule has 2 heterocycles. The van der Waals surface area contributed by atoms with Crippen molar-refractivity contribution in [3.63, 3.8) is 0 Å². The Morgan fingerprint density at radius 2 is 2.10 bits per heavy atom. The van der Waals surface area contributed by atoms with Crippen molar-refractivity contribution >= 4 is 39.7 Å². The molecular weight excluding hydrogens is 304 g/mol. The van der Waals surface area contributed by atoms with E-state index in [0.29, 0.717) is 16.6 Å². The summed E-state index contributed by atoms with van der Waals surface area (Å²) in [7, 11) is 5.67. The molecule has 7 heteroatoms. The Bertz CT molecular complexity index is 529. The van der Waals surface area contributed by atoms with Crippen LogP contribution in [0.5, 0.6) is 0 Å². The van der Waals surface area contributed by atoms with Gasteiger partial charge in [0, 0.05) is 39.8 Å². The average Bonchev–Trinajstić information content (AvgIpc) is 2.74. The summed E-state index contributed by atoms with van der Waals surface area (Å²) < 4.78 is 0. The van der Waals surface area contributed by atoms with E-state index in [4.69, 9.17) is 5.73 Å². The molecule has 1 unspecified atom stereocenters. The Kier molecular flexibility index (Phi) is 5.06. The van der Waals surface area contributed by atoms with E-state index in [-0.39, 0.29) is 5.91 Å². The first-order valence-electron chi connectivity index (χ1n) is 6.99. The van der Waals surface area contributed by atoms with Crippen LogP contribution in [0.3, 0.4) is 0 Å². The first-order chi connectivity index (χ1) is 9.86. The molecule has 1 aromatic rings. The minimum Gasteiger partial charge on any atom is -0.396 e. The van der Waals surface area contributed by atoms with Crippen LogP contribution < -0.4 is 10.6 Å². The predicted molar refractivity (Wildman–Crippen MR) is 92.8 cm³/mol. The molecule has 0 aromatic carbocycles. The van der Waals surface area contributed by atoms with Gasteiger partial charge in [0.2, 0.25) is 0 Å². The minimum absolute atomic E-state index is 0.0131. The predicted octanol–water partition coefficient (Wildman–Crippen LogP) is 1.89. The van der Waals surface area contributed by atoms with Gasteiger partial charge in [0.15, 0.2) is 0 Å². The summed E-state index contributed by atoms with van der Waals surface area (Å²) in [5.41, 5.74) is 6.87. The molecule has 5 nitrogen and oxygen atoms in total. The van der Waals surface area contributed by atoms with Crippen molar-refractivity contribution in [2.45, 2.75) is 17.9 Å².